The molecule has 0 saturated carbocycles. The van der Waals surface area contributed by atoms with Gasteiger partial charge in [-0.3, -0.25) is 0 Å². The van der Waals surface area contributed by atoms with E-state index in [2.05, 4.69) is 0 Å². The third kappa shape index (κ3) is 4.70. The Bertz CT molecular complexity index is 589. The van der Waals surface area contributed by atoms with Crippen molar-refractivity contribution in [3.8, 4) is 17.2 Å². The lowest BCUT2D eigenvalue weighted by Gasteiger charge is -2.09. The number of aromatic carboxylic acids is 1. The highest BCUT2D eigenvalue weighted by Crippen LogP contribution is 2.17. The first kappa shape index (κ1) is 15.7. The van der Waals surface area contributed by atoms with E-state index in [1.54, 1.807) is 12.1 Å². The lowest BCUT2D eigenvalue weighted by atomic mass is 10.2. The summed E-state index contributed by atoms with van der Waals surface area (Å²) in [5.74, 6) is 1.21. The maximum absolute atomic E-state index is 10.7. The van der Waals surface area contributed by atoms with Gasteiger partial charge in [0.05, 0.1) is 12.2 Å². The molecule has 22 heavy (non-hydrogen) atoms. The molecule has 0 atom stereocenters. The number of hydrogen-bond donors (Lipinski definition) is 1. The third-order valence-corrected chi connectivity index (χ3v) is 2.86. The van der Waals surface area contributed by atoms with Gasteiger partial charge in [0, 0.05) is 0 Å². The average Bonchev–Trinajstić information content (AvgIpc) is 2.54. The number of carbonyl (C=O) groups is 1. The van der Waals surface area contributed by atoms with Crippen molar-refractivity contribution in [1.82, 2.24) is 0 Å². The molecule has 0 aliphatic carbocycles. The van der Waals surface area contributed by atoms with E-state index in [4.69, 9.17) is 19.3 Å². The van der Waals surface area contributed by atoms with Crippen molar-refractivity contribution in [2.24, 2.45) is 0 Å². The zero-order valence-electron chi connectivity index (χ0n) is 12.3. The first-order valence-electron chi connectivity index (χ1n) is 7.01. The van der Waals surface area contributed by atoms with Gasteiger partial charge >= 0.3 is 5.97 Å². The fourth-order valence-electron chi connectivity index (χ4n) is 1.81. The van der Waals surface area contributed by atoms with Crippen LogP contribution in [0, 0.1) is 0 Å². The number of hydrogen-bond acceptors (Lipinski definition) is 4. The molecule has 116 valence electrons. The topological polar surface area (TPSA) is 65.0 Å². The Morgan fingerprint density at radius 2 is 1.23 bits per heavy atom. The molecule has 2 aromatic carbocycles. The van der Waals surface area contributed by atoms with Crippen molar-refractivity contribution < 1.29 is 24.1 Å². The first-order valence-corrected chi connectivity index (χ1v) is 7.01. The van der Waals surface area contributed by atoms with Gasteiger partial charge in [0.15, 0.2) is 0 Å². The van der Waals surface area contributed by atoms with Crippen LogP contribution in [0.2, 0.25) is 0 Å². The fraction of sp³-hybridized carbons (Fsp3) is 0.235. The zero-order chi connectivity index (χ0) is 15.8. The quantitative estimate of drug-likeness (QED) is 0.758. The Hall–Kier alpha value is -2.69. The molecule has 0 fully saturated rings. The van der Waals surface area contributed by atoms with Crippen LogP contribution in [-0.4, -0.2) is 30.9 Å². The molecule has 0 heterocycles. The predicted octanol–water partition coefficient (Wildman–Crippen LogP) is 3.24. The van der Waals surface area contributed by atoms with Crippen molar-refractivity contribution in [2.75, 3.05) is 19.8 Å². The Kier molecular flexibility index (Phi) is 5.65. The molecule has 0 bridgehead atoms. The van der Waals surface area contributed by atoms with Gasteiger partial charge < -0.3 is 19.3 Å². The SMILES string of the molecule is CCOc1ccc(OCCOc2ccc(C(=O)O)cc2)cc1. The smallest absolute Gasteiger partial charge is 0.335 e. The van der Waals surface area contributed by atoms with Crippen molar-refractivity contribution in [3.63, 3.8) is 0 Å². The fourth-order valence-corrected chi connectivity index (χ4v) is 1.81. The van der Waals surface area contributed by atoms with Gasteiger partial charge in [0.2, 0.25) is 0 Å². The van der Waals surface area contributed by atoms with E-state index in [1.165, 1.54) is 12.1 Å². The minimum atomic E-state index is -0.953. The summed E-state index contributed by atoms with van der Waals surface area (Å²) in [7, 11) is 0. The summed E-state index contributed by atoms with van der Waals surface area (Å²) in [5, 5.41) is 8.80. The Balaban J connectivity index is 1.73. The predicted molar refractivity (Wildman–Crippen MR) is 82.0 cm³/mol. The molecule has 0 aliphatic heterocycles. The van der Waals surface area contributed by atoms with E-state index < -0.39 is 5.97 Å². The van der Waals surface area contributed by atoms with Crippen molar-refractivity contribution in [3.05, 3.63) is 54.1 Å². The Morgan fingerprint density at radius 1 is 0.818 bits per heavy atom. The monoisotopic (exact) mass is 302 g/mol. The number of carboxylic acids is 1. The van der Waals surface area contributed by atoms with Crippen LogP contribution in [0.4, 0.5) is 0 Å². The minimum Gasteiger partial charge on any atom is -0.494 e. The number of ether oxygens (including phenoxy) is 3. The van der Waals surface area contributed by atoms with E-state index in [0.717, 1.165) is 11.5 Å². The van der Waals surface area contributed by atoms with E-state index in [0.29, 0.717) is 25.6 Å². The normalized spacial score (nSPS) is 10.0. The second-order valence-electron chi connectivity index (χ2n) is 4.43. The van der Waals surface area contributed by atoms with E-state index in [-0.39, 0.29) is 5.56 Å². The highest BCUT2D eigenvalue weighted by atomic mass is 16.5. The molecule has 0 aliphatic rings. The molecule has 0 amide bonds. The second kappa shape index (κ2) is 7.93. The molecule has 0 saturated heterocycles. The van der Waals surface area contributed by atoms with Crippen LogP contribution in [-0.2, 0) is 0 Å². The summed E-state index contributed by atoms with van der Waals surface area (Å²) in [4.78, 5) is 10.7. The van der Waals surface area contributed by atoms with Crippen LogP contribution in [0.5, 0.6) is 17.2 Å². The third-order valence-electron chi connectivity index (χ3n) is 2.86. The van der Waals surface area contributed by atoms with Crippen LogP contribution in [0.3, 0.4) is 0 Å². The Labute approximate surface area is 129 Å². The van der Waals surface area contributed by atoms with Gasteiger partial charge in [-0.05, 0) is 55.5 Å². The highest BCUT2D eigenvalue weighted by molar-refractivity contribution is 5.87. The summed E-state index contributed by atoms with van der Waals surface area (Å²) in [6.07, 6.45) is 0. The van der Waals surface area contributed by atoms with Crippen LogP contribution in [0.1, 0.15) is 17.3 Å². The lowest BCUT2D eigenvalue weighted by molar-refractivity contribution is 0.0697. The molecule has 5 heteroatoms. The molecular formula is C17H18O5. The average molecular weight is 302 g/mol. The lowest BCUT2D eigenvalue weighted by Crippen LogP contribution is -2.09. The molecule has 0 unspecified atom stereocenters. The number of carboxylic acid groups (broad SMARTS) is 1. The minimum absolute atomic E-state index is 0.234. The zero-order valence-corrected chi connectivity index (χ0v) is 12.3. The molecule has 0 aromatic heterocycles. The molecule has 0 spiro atoms. The summed E-state index contributed by atoms with van der Waals surface area (Å²) < 4.78 is 16.4. The first-order chi connectivity index (χ1) is 10.7. The van der Waals surface area contributed by atoms with Crippen LogP contribution < -0.4 is 14.2 Å². The summed E-state index contributed by atoms with van der Waals surface area (Å²) in [6, 6.07) is 13.6. The number of rotatable bonds is 8. The van der Waals surface area contributed by atoms with Crippen molar-refractivity contribution in [1.29, 1.82) is 0 Å². The molecule has 0 radical (unpaired) electrons. The van der Waals surface area contributed by atoms with Crippen LogP contribution in [0.15, 0.2) is 48.5 Å². The molecule has 5 nitrogen and oxygen atoms in total. The van der Waals surface area contributed by atoms with Crippen LogP contribution in [0.25, 0.3) is 0 Å². The molecular weight excluding hydrogens is 284 g/mol. The van der Waals surface area contributed by atoms with Gasteiger partial charge in [0.25, 0.3) is 0 Å². The van der Waals surface area contributed by atoms with Gasteiger partial charge in [-0.1, -0.05) is 0 Å². The largest absolute Gasteiger partial charge is 0.494 e. The summed E-state index contributed by atoms with van der Waals surface area (Å²) in [5.41, 5.74) is 0.234. The van der Waals surface area contributed by atoms with Crippen molar-refractivity contribution in [2.45, 2.75) is 6.92 Å². The van der Waals surface area contributed by atoms with Gasteiger partial charge in [-0.2, -0.15) is 0 Å². The standard InChI is InChI=1S/C17H18O5/c1-2-20-14-7-9-16(10-8-14)22-12-11-21-15-5-3-13(4-6-15)17(18)19/h3-10H,2,11-12H2,1H3,(H,18,19). The van der Waals surface area contributed by atoms with Crippen LogP contribution >= 0.6 is 0 Å². The summed E-state index contributed by atoms with van der Waals surface area (Å²) >= 11 is 0. The highest BCUT2D eigenvalue weighted by Gasteiger charge is 2.02. The van der Waals surface area contributed by atoms with Crippen molar-refractivity contribution >= 4 is 5.97 Å². The van der Waals surface area contributed by atoms with Gasteiger partial charge in [0.1, 0.15) is 30.5 Å². The molecule has 2 aromatic rings. The maximum atomic E-state index is 10.7. The van der Waals surface area contributed by atoms with E-state index in [9.17, 15) is 4.79 Å². The summed E-state index contributed by atoms with van der Waals surface area (Å²) in [6.45, 7) is 3.34. The van der Waals surface area contributed by atoms with E-state index in [1.807, 2.05) is 31.2 Å². The molecule has 2 rings (SSSR count). The van der Waals surface area contributed by atoms with Gasteiger partial charge in [-0.25, -0.2) is 4.79 Å². The molecule has 1 N–H and O–H groups in total. The van der Waals surface area contributed by atoms with E-state index >= 15 is 0 Å². The Morgan fingerprint density at radius 3 is 1.64 bits per heavy atom. The van der Waals surface area contributed by atoms with Gasteiger partial charge in [-0.15, -0.1) is 0 Å². The number of benzene rings is 2. The second-order valence-corrected chi connectivity index (χ2v) is 4.43. The maximum Gasteiger partial charge on any atom is 0.335 e.